The number of aromatic hydroxyl groups is 1. The summed E-state index contributed by atoms with van der Waals surface area (Å²) in [6.45, 7) is 0. The van der Waals surface area contributed by atoms with Crippen molar-refractivity contribution in [1.29, 1.82) is 0 Å². The van der Waals surface area contributed by atoms with Crippen LogP contribution in [0.1, 0.15) is 0 Å². The highest BCUT2D eigenvalue weighted by Gasteiger charge is 2.10. The summed E-state index contributed by atoms with van der Waals surface area (Å²) in [5.74, 6) is 0.275. The second-order valence-corrected chi connectivity index (χ2v) is 4.77. The maximum Gasteiger partial charge on any atom is 0.167 e. The molecule has 0 saturated carbocycles. The normalized spacial score (nSPS) is 11.2. The van der Waals surface area contributed by atoms with Crippen molar-refractivity contribution in [3.05, 3.63) is 60.7 Å². The van der Waals surface area contributed by atoms with Crippen LogP contribution in [-0.4, -0.2) is 10.3 Å². The predicted molar refractivity (Wildman–Crippen MR) is 78.6 cm³/mol. The number of rotatable bonds is 1. The van der Waals surface area contributed by atoms with Gasteiger partial charge in [0.05, 0.1) is 0 Å². The molecule has 96 valence electrons. The molecular formula is C17H11NO2. The number of phenols is 1. The average molecular weight is 261 g/mol. The molecule has 0 spiro atoms. The zero-order chi connectivity index (χ0) is 13.5. The smallest absolute Gasteiger partial charge is 0.167 e. The van der Waals surface area contributed by atoms with E-state index in [0.29, 0.717) is 0 Å². The molecule has 0 amide bonds. The number of nitrogens with zero attached hydrogens (tertiary/aromatic N) is 1. The zero-order valence-corrected chi connectivity index (χ0v) is 10.6. The molecular weight excluding hydrogens is 250 g/mol. The maximum atomic E-state index is 9.50. The summed E-state index contributed by atoms with van der Waals surface area (Å²) in [5, 5.41) is 16.7. The van der Waals surface area contributed by atoms with Gasteiger partial charge in [-0.1, -0.05) is 35.5 Å². The van der Waals surface area contributed by atoms with Crippen molar-refractivity contribution in [2.45, 2.75) is 0 Å². The number of hydrogen-bond donors (Lipinski definition) is 1. The molecule has 1 N–H and O–H groups in total. The van der Waals surface area contributed by atoms with Gasteiger partial charge in [-0.05, 0) is 41.1 Å². The molecule has 0 radical (unpaired) electrons. The lowest BCUT2D eigenvalue weighted by Gasteiger charge is -2.02. The summed E-state index contributed by atoms with van der Waals surface area (Å²) in [6.07, 6.45) is 0. The largest absolute Gasteiger partial charge is 0.508 e. The van der Waals surface area contributed by atoms with Gasteiger partial charge in [-0.2, -0.15) is 0 Å². The molecule has 3 nitrogen and oxygen atoms in total. The molecule has 0 saturated heterocycles. The molecule has 3 aromatic carbocycles. The summed E-state index contributed by atoms with van der Waals surface area (Å²) in [5.41, 5.74) is 2.64. The first-order valence-electron chi connectivity index (χ1n) is 6.39. The molecule has 0 atom stereocenters. The fraction of sp³-hybridized carbons (Fsp3) is 0. The van der Waals surface area contributed by atoms with Crippen LogP contribution in [0.25, 0.3) is 33.0 Å². The summed E-state index contributed by atoms with van der Waals surface area (Å²) in [6, 6.07) is 19.2. The first-order chi connectivity index (χ1) is 9.81. The van der Waals surface area contributed by atoms with E-state index in [9.17, 15) is 5.11 Å². The minimum atomic E-state index is 0.275. The van der Waals surface area contributed by atoms with Crippen LogP contribution >= 0.6 is 0 Å². The van der Waals surface area contributed by atoms with Crippen LogP contribution in [-0.2, 0) is 0 Å². The predicted octanol–water partition coefficient (Wildman–Crippen LogP) is 4.35. The fourth-order valence-electron chi connectivity index (χ4n) is 2.47. The van der Waals surface area contributed by atoms with E-state index in [2.05, 4.69) is 11.2 Å². The first-order valence-corrected chi connectivity index (χ1v) is 6.39. The Hall–Kier alpha value is -2.81. The fourth-order valence-corrected chi connectivity index (χ4v) is 2.47. The molecule has 1 aromatic heterocycles. The van der Waals surface area contributed by atoms with Crippen LogP contribution in [0.5, 0.6) is 5.75 Å². The van der Waals surface area contributed by atoms with Crippen molar-refractivity contribution in [3.63, 3.8) is 0 Å². The summed E-state index contributed by atoms with van der Waals surface area (Å²) >= 11 is 0. The lowest BCUT2D eigenvalue weighted by atomic mass is 10.0. The number of aromatic nitrogens is 1. The van der Waals surface area contributed by atoms with E-state index in [4.69, 9.17) is 4.52 Å². The van der Waals surface area contributed by atoms with Crippen molar-refractivity contribution >= 4 is 21.7 Å². The van der Waals surface area contributed by atoms with Crippen LogP contribution in [0.15, 0.2) is 65.2 Å². The standard InChI is InChI=1S/C17H11NO2/c19-14-8-7-11-9-13(6-5-12(11)10-14)17-15-3-1-2-4-16(15)20-18-17/h1-10,19H. The molecule has 20 heavy (non-hydrogen) atoms. The van der Waals surface area contributed by atoms with Crippen LogP contribution in [0, 0.1) is 0 Å². The Kier molecular flexibility index (Phi) is 2.27. The molecule has 0 aliphatic rings. The molecule has 1 heterocycles. The van der Waals surface area contributed by atoms with Gasteiger partial charge in [0.2, 0.25) is 0 Å². The second-order valence-electron chi connectivity index (χ2n) is 4.77. The topological polar surface area (TPSA) is 46.3 Å². The number of hydrogen-bond acceptors (Lipinski definition) is 3. The van der Waals surface area contributed by atoms with E-state index in [1.54, 1.807) is 12.1 Å². The third-order valence-corrected chi connectivity index (χ3v) is 3.47. The van der Waals surface area contributed by atoms with Crippen LogP contribution < -0.4 is 0 Å². The molecule has 0 unspecified atom stereocenters. The quantitative estimate of drug-likeness (QED) is 0.554. The third kappa shape index (κ3) is 1.64. The number of para-hydroxylation sites is 1. The minimum Gasteiger partial charge on any atom is -0.508 e. The third-order valence-electron chi connectivity index (χ3n) is 3.47. The molecule has 0 aliphatic carbocycles. The lowest BCUT2D eigenvalue weighted by molar-refractivity contribution is 0.459. The highest BCUT2D eigenvalue weighted by atomic mass is 16.5. The molecule has 0 bridgehead atoms. The Morgan fingerprint density at radius 2 is 1.65 bits per heavy atom. The molecule has 4 rings (SSSR count). The van der Waals surface area contributed by atoms with Crippen LogP contribution in [0.4, 0.5) is 0 Å². The van der Waals surface area contributed by atoms with Gasteiger partial charge in [0.1, 0.15) is 11.4 Å². The number of fused-ring (bicyclic) bond motifs is 2. The molecule has 4 aromatic rings. The maximum absolute atomic E-state index is 9.50. The second kappa shape index (κ2) is 4.10. The Morgan fingerprint density at radius 3 is 2.60 bits per heavy atom. The zero-order valence-electron chi connectivity index (χ0n) is 10.6. The average Bonchev–Trinajstić information content (AvgIpc) is 2.91. The van der Waals surface area contributed by atoms with Gasteiger partial charge in [0.15, 0.2) is 5.58 Å². The Labute approximate surface area is 115 Å². The van der Waals surface area contributed by atoms with Crippen molar-refractivity contribution in [3.8, 4) is 17.0 Å². The Bertz CT molecular complexity index is 924. The summed E-state index contributed by atoms with van der Waals surface area (Å²) < 4.78 is 5.34. The van der Waals surface area contributed by atoms with Crippen LogP contribution in [0.3, 0.4) is 0 Å². The lowest BCUT2D eigenvalue weighted by Crippen LogP contribution is -1.80. The van der Waals surface area contributed by atoms with Gasteiger partial charge in [-0.15, -0.1) is 0 Å². The summed E-state index contributed by atoms with van der Waals surface area (Å²) in [4.78, 5) is 0. The van der Waals surface area contributed by atoms with Crippen molar-refractivity contribution < 1.29 is 9.63 Å². The van der Waals surface area contributed by atoms with E-state index in [1.165, 1.54) is 0 Å². The highest BCUT2D eigenvalue weighted by molar-refractivity contribution is 5.95. The van der Waals surface area contributed by atoms with Crippen LogP contribution in [0.2, 0.25) is 0 Å². The minimum absolute atomic E-state index is 0.275. The molecule has 3 heteroatoms. The SMILES string of the molecule is Oc1ccc2cc(-c3noc4ccccc34)ccc2c1. The van der Waals surface area contributed by atoms with Gasteiger partial charge in [-0.25, -0.2) is 0 Å². The first kappa shape index (κ1) is 11.1. The molecule has 0 fully saturated rings. The highest BCUT2D eigenvalue weighted by Crippen LogP contribution is 2.30. The Morgan fingerprint density at radius 1 is 0.850 bits per heavy atom. The van der Waals surface area contributed by atoms with Gasteiger partial charge >= 0.3 is 0 Å². The van der Waals surface area contributed by atoms with E-state index >= 15 is 0 Å². The Balaban J connectivity index is 1.96. The number of phenolic OH excluding ortho intramolecular Hbond substituents is 1. The van der Waals surface area contributed by atoms with Gasteiger partial charge in [-0.3, -0.25) is 0 Å². The van der Waals surface area contributed by atoms with E-state index in [0.717, 1.165) is 33.0 Å². The van der Waals surface area contributed by atoms with E-state index in [-0.39, 0.29) is 5.75 Å². The monoisotopic (exact) mass is 261 g/mol. The van der Waals surface area contributed by atoms with Crippen molar-refractivity contribution in [2.75, 3.05) is 0 Å². The van der Waals surface area contributed by atoms with E-state index < -0.39 is 0 Å². The van der Waals surface area contributed by atoms with E-state index in [1.807, 2.05) is 42.5 Å². The van der Waals surface area contributed by atoms with Gasteiger partial charge in [0.25, 0.3) is 0 Å². The van der Waals surface area contributed by atoms with Crippen molar-refractivity contribution in [1.82, 2.24) is 5.16 Å². The number of benzene rings is 3. The van der Waals surface area contributed by atoms with Crippen molar-refractivity contribution in [2.24, 2.45) is 0 Å². The molecule has 0 aliphatic heterocycles. The summed E-state index contributed by atoms with van der Waals surface area (Å²) in [7, 11) is 0. The van der Waals surface area contributed by atoms with Gasteiger partial charge < -0.3 is 9.63 Å². The van der Waals surface area contributed by atoms with Gasteiger partial charge in [0, 0.05) is 10.9 Å².